The fourth-order valence-corrected chi connectivity index (χ4v) is 0.934. The summed E-state index contributed by atoms with van der Waals surface area (Å²) in [4.78, 5) is 0. The van der Waals surface area contributed by atoms with Crippen LogP contribution in [0.3, 0.4) is 0 Å². The molecule has 0 fully saturated rings. The number of rotatable bonds is 5. The minimum absolute atomic E-state index is 0.0705. The Kier molecular flexibility index (Phi) is 4.95. The lowest BCUT2D eigenvalue weighted by Crippen LogP contribution is -2.37. The molecule has 0 aromatic rings. The Balaban J connectivity index is 4.08. The fraction of sp³-hybridized carbons (Fsp3) is 0.818. The lowest BCUT2D eigenvalue weighted by atomic mass is 9.81. The monoisotopic (exact) mass is 203 g/mol. The van der Waals surface area contributed by atoms with Crippen molar-refractivity contribution in [2.45, 2.75) is 40.9 Å². The van der Waals surface area contributed by atoms with E-state index in [1.807, 2.05) is 34.6 Å². The molecule has 2 nitrogen and oxygen atoms in total. The van der Waals surface area contributed by atoms with Gasteiger partial charge in [-0.1, -0.05) is 27.7 Å². The van der Waals surface area contributed by atoms with Gasteiger partial charge in [0.15, 0.2) is 12.2 Å². The summed E-state index contributed by atoms with van der Waals surface area (Å²) < 4.78 is 18.6. The maximum Gasteiger partial charge on any atom is 0.181 e. The minimum Gasteiger partial charge on any atom is -0.480 e. The molecule has 0 aliphatic rings. The Morgan fingerprint density at radius 2 is 2.00 bits per heavy atom. The highest BCUT2D eigenvalue weighted by Gasteiger charge is 2.28. The number of hydrogen-bond acceptors (Lipinski definition) is 2. The fourth-order valence-electron chi connectivity index (χ4n) is 0.934. The van der Waals surface area contributed by atoms with Crippen molar-refractivity contribution in [1.82, 2.24) is 5.32 Å². The highest BCUT2D eigenvalue weighted by atomic mass is 19.1. The highest BCUT2D eigenvalue weighted by Crippen LogP contribution is 2.28. The molecule has 0 aromatic heterocycles. The van der Waals surface area contributed by atoms with Crippen LogP contribution in [0.15, 0.2) is 12.5 Å². The second-order valence-electron chi connectivity index (χ2n) is 4.56. The van der Waals surface area contributed by atoms with Crippen LogP contribution in [0.4, 0.5) is 4.39 Å². The van der Waals surface area contributed by atoms with Gasteiger partial charge in [-0.2, -0.15) is 0 Å². The van der Waals surface area contributed by atoms with Gasteiger partial charge in [0.05, 0.1) is 6.61 Å². The molecule has 0 aliphatic heterocycles. The first kappa shape index (κ1) is 13.3. The topological polar surface area (TPSA) is 21.3 Å². The second kappa shape index (κ2) is 5.23. The molecule has 0 radical (unpaired) electrons. The van der Waals surface area contributed by atoms with Crippen molar-refractivity contribution in [3.63, 3.8) is 0 Å². The lowest BCUT2D eigenvalue weighted by molar-refractivity contribution is 0.0852. The quantitative estimate of drug-likeness (QED) is 0.547. The molecular formula is C11H22FNO. The Bertz CT molecular complexity index is 186. The first-order chi connectivity index (χ1) is 6.29. The third kappa shape index (κ3) is 4.49. The molecule has 14 heavy (non-hydrogen) atoms. The van der Waals surface area contributed by atoms with Gasteiger partial charge in [0.1, 0.15) is 0 Å². The first-order valence-electron chi connectivity index (χ1n) is 5.01. The molecule has 2 unspecified atom stereocenters. The first-order valence-corrected chi connectivity index (χ1v) is 5.01. The van der Waals surface area contributed by atoms with Gasteiger partial charge in [-0.25, -0.2) is 4.39 Å². The van der Waals surface area contributed by atoms with Gasteiger partial charge in [-0.05, 0) is 18.9 Å². The number of alkyl halides is 1. The van der Waals surface area contributed by atoms with E-state index in [4.69, 9.17) is 4.74 Å². The van der Waals surface area contributed by atoms with Crippen LogP contribution in [-0.4, -0.2) is 12.9 Å². The van der Waals surface area contributed by atoms with Crippen LogP contribution in [0.5, 0.6) is 0 Å². The summed E-state index contributed by atoms with van der Waals surface area (Å²) in [5.41, 5.74) is -0.0705. The molecule has 0 spiro atoms. The Labute approximate surface area is 86.5 Å². The van der Waals surface area contributed by atoms with Gasteiger partial charge in [-0.3, -0.25) is 0 Å². The molecule has 0 amide bonds. The lowest BCUT2D eigenvalue weighted by Gasteiger charge is -2.30. The normalized spacial score (nSPS) is 15.9. The van der Waals surface area contributed by atoms with Gasteiger partial charge in [-0.15, -0.1) is 0 Å². The van der Waals surface area contributed by atoms with Gasteiger partial charge in [0.2, 0.25) is 0 Å². The molecule has 0 aliphatic carbocycles. The average molecular weight is 203 g/mol. The number of hydrogen-bond donors (Lipinski definition) is 1. The maximum absolute atomic E-state index is 13.6. The number of ether oxygens (including phenoxy) is 1. The summed E-state index contributed by atoms with van der Waals surface area (Å²) in [5, 5.41) is 2.60. The second-order valence-corrected chi connectivity index (χ2v) is 4.56. The van der Waals surface area contributed by atoms with Gasteiger partial charge < -0.3 is 10.1 Å². The molecule has 1 N–H and O–H groups in total. The zero-order valence-corrected chi connectivity index (χ0v) is 9.86. The van der Waals surface area contributed by atoms with E-state index in [1.165, 1.54) is 0 Å². The van der Waals surface area contributed by atoms with Gasteiger partial charge in [0.25, 0.3) is 0 Å². The molecule has 0 rings (SSSR count). The Hall–Kier alpha value is -0.730. The van der Waals surface area contributed by atoms with E-state index in [9.17, 15) is 4.39 Å². The molecule has 0 saturated carbocycles. The molecule has 0 heterocycles. The summed E-state index contributed by atoms with van der Waals surface area (Å²) in [7, 11) is 0. The summed E-state index contributed by atoms with van der Waals surface area (Å²) in [6.07, 6.45) is -1.12. The predicted molar refractivity (Wildman–Crippen MR) is 57.4 cm³/mol. The van der Waals surface area contributed by atoms with Crippen molar-refractivity contribution in [2.24, 2.45) is 11.3 Å². The van der Waals surface area contributed by atoms with E-state index in [-0.39, 0.29) is 11.3 Å². The molecule has 84 valence electrons. The van der Waals surface area contributed by atoms with Crippen LogP contribution in [0.2, 0.25) is 0 Å². The van der Waals surface area contributed by atoms with E-state index in [0.717, 1.165) is 0 Å². The van der Waals surface area contributed by atoms with E-state index < -0.39 is 6.30 Å². The smallest absolute Gasteiger partial charge is 0.181 e. The van der Waals surface area contributed by atoms with Crippen molar-refractivity contribution in [1.29, 1.82) is 0 Å². The van der Waals surface area contributed by atoms with Crippen molar-refractivity contribution < 1.29 is 9.13 Å². The van der Waals surface area contributed by atoms with Crippen LogP contribution >= 0.6 is 0 Å². The largest absolute Gasteiger partial charge is 0.480 e. The zero-order chi connectivity index (χ0) is 11.4. The number of nitrogens with one attached hydrogen (secondary N) is 1. The molecule has 3 heteroatoms. The van der Waals surface area contributed by atoms with E-state index in [2.05, 4.69) is 11.9 Å². The van der Waals surface area contributed by atoms with E-state index in [0.29, 0.717) is 12.5 Å². The summed E-state index contributed by atoms with van der Waals surface area (Å²) >= 11 is 0. The Morgan fingerprint density at radius 3 is 2.36 bits per heavy atom. The van der Waals surface area contributed by atoms with Crippen molar-refractivity contribution >= 4 is 0 Å². The van der Waals surface area contributed by atoms with Crippen molar-refractivity contribution in [3.8, 4) is 0 Å². The van der Waals surface area contributed by atoms with Crippen LogP contribution in [0, 0.1) is 11.3 Å². The summed E-state index contributed by atoms with van der Waals surface area (Å²) in [6.45, 7) is 13.8. The van der Waals surface area contributed by atoms with Crippen molar-refractivity contribution in [3.05, 3.63) is 12.5 Å². The molecule has 0 bridgehead atoms. The minimum atomic E-state index is -1.12. The van der Waals surface area contributed by atoms with E-state index >= 15 is 0 Å². The predicted octanol–water partition coefficient (Wildman–Crippen LogP) is 3.06. The van der Waals surface area contributed by atoms with Crippen LogP contribution in [0.25, 0.3) is 0 Å². The van der Waals surface area contributed by atoms with Gasteiger partial charge >= 0.3 is 0 Å². The average Bonchev–Trinajstić information content (AvgIpc) is 2.01. The third-order valence-corrected chi connectivity index (χ3v) is 2.42. The SMILES string of the molecule is C=C(NC(F)C(C)C(C)(C)C)OCC. The third-order valence-electron chi connectivity index (χ3n) is 2.42. The standard InChI is InChI=1S/C11H22FNO/c1-7-14-9(3)13-10(12)8(2)11(4,5)6/h8,10,13H,3,7H2,1-2,4-6H3. The Morgan fingerprint density at radius 1 is 1.50 bits per heavy atom. The number of halogens is 1. The highest BCUT2D eigenvalue weighted by molar-refractivity contribution is 4.85. The van der Waals surface area contributed by atoms with Gasteiger partial charge in [0, 0.05) is 5.92 Å². The van der Waals surface area contributed by atoms with E-state index in [1.54, 1.807) is 0 Å². The molecular weight excluding hydrogens is 181 g/mol. The summed E-state index contributed by atoms with van der Waals surface area (Å²) in [6, 6.07) is 0. The maximum atomic E-state index is 13.6. The zero-order valence-electron chi connectivity index (χ0n) is 9.86. The summed E-state index contributed by atoms with van der Waals surface area (Å²) in [5.74, 6) is 0.204. The van der Waals surface area contributed by atoms with Crippen LogP contribution in [0.1, 0.15) is 34.6 Å². The van der Waals surface area contributed by atoms with Crippen molar-refractivity contribution in [2.75, 3.05) is 6.61 Å². The molecule has 0 aromatic carbocycles. The molecule has 2 atom stereocenters. The van der Waals surface area contributed by atoms with Crippen LogP contribution in [-0.2, 0) is 4.74 Å². The van der Waals surface area contributed by atoms with Crippen LogP contribution < -0.4 is 5.32 Å². The molecule has 0 saturated heterocycles.